The Bertz CT molecular complexity index is 658. The van der Waals surface area contributed by atoms with Crippen LogP contribution in [0.3, 0.4) is 0 Å². The van der Waals surface area contributed by atoms with Crippen LogP contribution >= 0.6 is 0 Å². The fraction of sp³-hybridized carbons (Fsp3) is 0.158. The van der Waals surface area contributed by atoms with E-state index < -0.39 is 0 Å². The molecule has 0 fully saturated rings. The lowest BCUT2D eigenvalue weighted by Gasteiger charge is -2.04. The van der Waals surface area contributed by atoms with Gasteiger partial charge < -0.3 is 14.9 Å². The Kier molecular flexibility index (Phi) is 5.26. The van der Waals surface area contributed by atoms with Gasteiger partial charge in [-0.1, -0.05) is 29.9 Å². The van der Waals surface area contributed by atoms with Crippen molar-refractivity contribution in [2.75, 3.05) is 6.61 Å². The molecule has 0 saturated carbocycles. The Morgan fingerprint density at radius 2 is 1.50 bits per heavy atom. The molecule has 2 aromatic rings. The lowest BCUT2D eigenvalue weighted by atomic mass is 10.1. The summed E-state index contributed by atoms with van der Waals surface area (Å²) in [4.78, 5) is 0. The second kappa shape index (κ2) is 7.36. The van der Waals surface area contributed by atoms with Gasteiger partial charge in [-0.3, -0.25) is 0 Å². The molecule has 0 amide bonds. The van der Waals surface area contributed by atoms with E-state index in [1.165, 1.54) is 11.6 Å². The molecule has 0 atom stereocenters. The largest absolute Gasteiger partial charge is 0.508 e. The highest BCUT2D eigenvalue weighted by Crippen LogP contribution is 2.22. The van der Waals surface area contributed by atoms with E-state index in [2.05, 4.69) is 0 Å². The molecular formula is C19H20O3. The van der Waals surface area contributed by atoms with Crippen molar-refractivity contribution in [3.63, 3.8) is 0 Å². The second-order valence-electron chi connectivity index (χ2n) is 5.28. The maximum atomic E-state index is 9.43. The summed E-state index contributed by atoms with van der Waals surface area (Å²) < 4.78 is 5.60. The SMILES string of the molecule is CC(C)=CCOc1ccc(C=Cc2cc(O)cc(O)c2)cc1. The van der Waals surface area contributed by atoms with Gasteiger partial charge in [0.25, 0.3) is 0 Å². The van der Waals surface area contributed by atoms with Gasteiger partial charge >= 0.3 is 0 Å². The topological polar surface area (TPSA) is 49.7 Å². The van der Waals surface area contributed by atoms with E-state index in [-0.39, 0.29) is 11.5 Å². The molecule has 0 unspecified atom stereocenters. The molecular weight excluding hydrogens is 276 g/mol. The van der Waals surface area contributed by atoms with Crippen LogP contribution in [0.2, 0.25) is 0 Å². The Labute approximate surface area is 130 Å². The van der Waals surface area contributed by atoms with Crippen molar-refractivity contribution >= 4 is 12.2 Å². The van der Waals surface area contributed by atoms with Gasteiger partial charge in [-0.15, -0.1) is 0 Å². The van der Waals surface area contributed by atoms with Gasteiger partial charge in [-0.2, -0.15) is 0 Å². The van der Waals surface area contributed by atoms with Gasteiger partial charge in [-0.25, -0.2) is 0 Å². The first-order valence-electron chi connectivity index (χ1n) is 7.10. The maximum Gasteiger partial charge on any atom is 0.119 e. The lowest BCUT2D eigenvalue weighted by Crippen LogP contribution is -1.93. The lowest BCUT2D eigenvalue weighted by molar-refractivity contribution is 0.362. The smallest absolute Gasteiger partial charge is 0.119 e. The number of aromatic hydroxyl groups is 2. The highest BCUT2D eigenvalue weighted by atomic mass is 16.5. The minimum atomic E-state index is 0.0441. The van der Waals surface area contributed by atoms with Gasteiger partial charge in [0, 0.05) is 6.07 Å². The molecule has 114 valence electrons. The normalized spacial score (nSPS) is 10.6. The third kappa shape index (κ3) is 5.02. The first-order valence-corrected chi connectivity index (χ1v) is 7.10. The Morgan fingerprint density at radius 3 is 2.09 bits per heavy atom. The molecule has 0 spiro atoms. The van der Waals surface area contributed by atoms with Crippen LogP contribution < -0.4 is 4.74 Å². The average Bonchev–Trinajstić information content (AvgIpc) is 2.45. The molecule has 0 radical (unpaired) electrons. The molecule has 0 aliphatic carbocycles. The first kappa shape index (κ1) is 15.7. The molecule has 0 aliphatic rings. The minimum absolute atomic E-state index is 0.0441. The van der Waals surface area contributed by atoms with Crippen LogP contribution in [-0.2, 0) is 0 Å². The monoisotopic (exact) mass is 296 g/mol. The third-order valence-corrected chi connectivity index (χ3v) is 3.01. The summed E-state index contributed by atoms with van der Waals surface area (Å²) in [6.07, 6.45) is 5.77. The average molecular weight is 296 g/mol. The van der Waals surface area contributed by atoms with Crippen molar-refractivity contribution < 1.29 is 14.9 Å². The summed E-state index contributed by atoms with van der Waals surface area (Å²) in [6.45, 7) is 4.65. The van der Waals surface area contributed by atoms with E-state index in [1.807, 2.05) is 56.3 Å². The quantitative estimate of drug-likeness (QED) is 0.625. The van der Waals surface area contributed by atoms with E-state index in [4.69, 9.17) is 4.74 Å². The third-order valence-electron chi connectivity index (χ3n) is 3.01. The number of phenols is 2. The molecule has 0 saturated heterocycles. The van der Waals surface area contributed by atoms with E-state index in [0.29, 0.717) is 6.61 Å². The standard InChI is InChI=1S/C19H20O3/c1-14(2)9-10-22-19-7-5-15(6-8-19)3-4-16-11-17(20)13-18(21)12-16/h3-9,11-13,20-21H,10H2,1-2H3. The molecule has 2 N–H and O–H groups in total. The van der Waals surface area contributed by atoms with Crippen LogP contribution in [0.4, 0.5) is 0 Å². The van der Waals surface area contributed by atoms with Crippen molar-refractivity contribution in [1.82, 2.24) is 0 Å². The number of hydrogen-bond donors (Lipinski definition) is 2. The highest BCUT2D eigenvalue weighted by molar-refractivity contribution is 5.71. The number of rotatable bonds is 5. The molecule has 22 heavy (non-hydrogen) atoms. The van der Waals surface area contributed by atoms with Gasteiger partial charge in [0.1, 0.15) is 23.9 Å². The zero-order chi connectivity index (χ0) is 15.9. The van der Waals surface area contributed by atoms with E-state index >= 15 is 0 Å². The van der Waals surface area contributed by atoms with Gasteiger partial charge in [0.15, 0.2) is 0 Å². The van der Waals surface area contributed by atoms with E-state index in [9.17, 15) is 10.2 Å². The van der Waals surface area contributed by atoms with Gasteiger partial charge in [-0.05, 0) is 55.3 Å². The summed E-state index contributed by atoms with van der Waals surface area (Å²) in [5, 5.41) is 18.9. The Hall–Kier alpha value is -2.68. The number of hydrogen-bond acceptors (Lipinski definition) is 3. The summed E-state index contributed by atoms with van der Waals surface area (Å²) >= 11 is 0. The molecule has 0 bridgehead atoms. The van der Waals surface area contributed by atoms with Crippen LogP contribution in [-0.4, -0.2) is 16.8 Å². The summed E-state index contributed by atoms with van der Waals surface area (Å²) in [7, 11) is 0. The summed E-state index contributed by atoms with van der Waals surface area (Å²) in [5.74, 6) is 0.912. The van der Waals surface area contributed by atoms with Crippen LogP contribution in [0.5, 0.6) is 17.2 Å². The van der Waals surface area contributed by atoms with Crippen molar-refractivity contribution in [3.8, 4) is 17.2 Å². The minimum Gasteiger partial charge on any atom is -0.508 e. The Balaban J connectivity index is 2.01. The molecule has 0 heterocycles. The predicted molar refractivity (Wildman–Crippen MR) is 90.1 cm³/mol. The zero-order valence-corrected chi connectivity index (χ0v) is 12.8. The fourth-order valence-electron chi connectivity index (χ4n) is 1.89. The number of benzene rings is 2. The second-order valence-corrected chi connectivity index (χ2v) is 5.28. The number of ether oxygens (including phenoxy) is 1. The Morgan fingerprint density at radius 1 is 0.909 bits per heavy atom. The zero-order valence-electron chi connectivity index (χ0n) is 12.8. The van der Waals surface area contributed by atoms with Crippen LogP contribution in [0.1, 0.15) is 25.0 Å². The van der Waals surface area contributed by atoms with Crippen molar-refractivity contribution in [2.45, 2.75) is 13.8 Å². The van der Waals surface area contributed by atoms with Gasteiger partial charge in [0.2, 0.25) is 0 Å². The van der Waals surface area contributed by atoms with Crippen molar-refractivity contribution in [2.24, 2.45) is 0 Å². The molecule has 3 nitrogen and oxygen atoms in total. The number of allylic oxidation sites excluding steroid dienone is 1. The molecule has 0 aliphatic heterocycles. The molecule has 0 aromatic heterocycles. The van der Waals surface area contributed by atoms with Crippen molar-refractivity contribution in [1.29, 1.82) is 0 Å². The number of phenolic OH excluding ortho intramolecular Hbond substituents is 2. The molecule has 2 rings (SSSR count). The predicted octanol–water partition coefficient (Wildman–Crippen LogP) is 4.61. The van der Waals surface area contributed by atoms with Crippen molar-refractivity contribution in [3.05, 3.63) is 65.2 Å². The maximum absolute atomic E-state index is 9.43. The summed E-state index contributed by atoms with van der Waals surface area (Å²) in [6, 6.07) is 12.2. The molecule has 2 aromatic carbocycles. The first-order chi connectivity index (χ1) is 10.5. The van der Waals surface area contributed by atoms with E-state index in [1.54, 1.807) is 12.1 Å². The van der Waals surface area contributed by atoms with E-state index in [0.717, 1.165) is 16.9 Å². The summed E-state index contributed by atoms with van der Waals surface area (Å²) in [5.41, 5.74) is 2.98. The highest BCUT2D eigenvalue weighted by Gasteiger charge is 1.96. The fourth-order valence-corrected chi connectivity index (χ4v) is 1.89. The van der Waals surface area contributed by atoms with Crippen LogP contribution in [0, 0.1) is 0 Å². The van der Waals surface area contributed by atoms with Crippen LogP contribution in [0.15, 0.2) is 54.1 Å². The van der Waals surface area contributed by atoms with Gasteiger partial charge in [0.05, 0.1) is 0 Å². The molecule has 3 heteroatoms. The van der Waals surface area contributed by atoms with Crippen LogP contribution in [0.25, 0.3) is 12.2 Å².